The number of carbonyl (C=O) groups excluding carboxylic acids is 1. The second-order valence-electron chi connectivity index (χ2n) is 6.46. The van der Waals surface area contributed by atoms with Crippen LogP contribution in [0.25, 0.3) is 10.2 Å². The molecule has 4 rings (SSSR count). The van der Waals surface area contributed by atoms with Gasteiger partial charge < -0.3 is 5.32 Å². The van der Waals surface area contributed by atoms with Crippen molar-refractivity contribution in [2.24, 2.45) is 0 Å². The number of amides is 1. The van der Waals surface area contributed by atoms with Crippen molar-refractivity contribution in [2.75, 3.05) is 25.0 Å². The topological polar surface area (TPSA) is 58.1 Å². The fourth-order valence-corrected chi connectivity index (χ4v) is 4.58. The Morgan fingerprint density at radius 3 is 2.81 bits per heavy atom. The number of anilines is 1. The van der Waals surface area contributed by atoms with Gasteiger partial charge in [0.25, 0.3) is 0 Å². The fraction of sp³-hybridized carbons (Fsp3) is 0.316. The minimum atomic E-state index is -0.0571. The number of carbonyl (C=O) groups is 1. The van der Waals surface area contributed by atoms with Gasteiger partial charge in [-0.1, -0.05) is 23.7 Å². The lowest BCUT2D eigenvalue weighted by atomic mass is 9.97. The molecule has 0 radical (unpaired) electrons. The van der Waals surface area contributed by atoms with Crippen LogP contribution in [0, 0.1) is 0 Å². The number of pyridine rings is 1. The zero-order valence-corrected chi connectivity index (χ0v) is 15.8. The van der Waals surface area contributed by atoms with E-state index >= 15 is 0 Å². The maximum Gasteiger partial charge on any atom is 0.238 e. The number of benzene rings is 1. The van der Waals surface area contributed by atoms with Crippen LogP contribution in [0.1, 0.15) is 23.8 Å². The van der Waals surface area contributed by atoms with Crippen LogP contribution < -0.4 is 5.32 Å². The quantitative estimate of drug-likeness (QED) is 0.684. The highest BCUT2D eigenvalue weighted by Gasteiger charge is 2.24. The van der Waals surface area contributed by atoms with Gasteiger partial charge in [-0.05, 0) is 50.2 Å². The van der Waals surface area contributed by atoms with E-state index in [1.165, 1.54) is 9.71 Å². The molecule has 5 nitrogen and oxygen atoms in total. The molecule has 1 aliphatic heterocycles. The molecule has 3 aromatic rings. The number of nitrogens with one attached hydrogen (secondary N) is 1. The summed E-state index contributed by atoms with van der Waals surface area (Å²) in [6.45, 7) is 2.17. The summed E-state index contributed by atoms with van der Waals surface area (Å²) in [5, 5.41) is 4.37. The van der Waals surface area contributed by atoms with Crippen molar-refractivity contribution in [2.45, 2.75) is 18.8 Å². The number of likely N-dealkylation sites (tertiary alicyclic amines) is 1. The summed E-state index contributed by atoms with van der Waals surface area (Å²) >= 11 is 7.78. The molecule has 0 saturated carbocycles. The van der Waals surface area contributed by atoms with Gasteiger partial charge in [0.05, 0.1) is 27.5 Å². The van der Waals surface area contributed by atoms with E-state index < -0.39 is 0 Å². The molecule has 1 N–H and O–H groups in total. The highest BCUT2D eigenvalue weighted by molar-refractivity contribution is 7.18. The Kier molecular flexibility index (Phi) is 5.15. The second-order valence-corrected chi connectivity index (χ2v) is 7.88. The van der Waals surface area contributed by atoms with Crippen molar-refractivity contribution >= 4 is 44.7 Å². The number of thiazole rings is 1. The lowest BCUT2D eigenvalue weighted by molar-refractivity contribution is -0.117. The Bertz CT molecular complexity index is 888. The van der Waals surface area contributed by atoms with Gasteiger partial charge in [0.1, 0.15) is 0 Å². The molecule has 0 bridgehead atoms. The Hall–Kier alpha value is -2.02. The van der Waals surface area contributed by atoms with Gasteiger partial charge in [-0.3, -0.25) is 9.69 Å². The predicted molar refractivity (Wildman–Crippen MR) is 106 cm³/mol. The summed E-state index contributed by atoms with van der Waals surface area (Å²) in [4.78, 5) is 23.2. The first-order valence-corrected chi connectivity index (χ1v) is 9.86. The maximum absolute atomic E-state index is 12.3. The van der Waals surface area contributed by atoms with E-state index in [4.69, 9.17) is 16.6 Å². The largest absolute Gasteiger partial charge is 0.322 e. The fourth-order valence-electron chi connectivity index (χ4n) is 3.27. The predicted octanol–water partition coefficient (Wildman–Crippen LogP) is 4.16. The van der Waals surface area contributed by atoms with E-state index in [9.17, 15) is 4.79 Å². The van der Waals surface area contributed by atoms with E-state index in [0.29, 0.717) is 23.3 Å². The summed E-state index contributed by atoms with van der Waals surface area (Å²) in [5.74, 6) is 0.429. The number of hydrogen-bond donors (Lipinski definition) is 1. The molecule has 2 aromatic heterocycles. The van der Waals surface area contributed by atoms with Gasteiger partial charge in [0, 0.05) is 12.1 Å². The second kappa shape index (κ2) is 7.70. The highest BCUT2D eigenvalue weighted by Crippen LogP contribution is 2.33. The number of fused-ring (bicyclic) bond motifs is 1. The maximum atomic E-state index is 12.3. The van der Waals surface area contributed by atoms with Gasteiger partial charge in [0.2, 0.25) is 5.91 Å². The average molecular weight is 387 g/mol. The highest BCUT2D eigenvalue weighted by atomic mass is 35.5. The van der Waals surface area contributed by atoms with E-state index in [-0.39, 0.29) is 5.91 Å². The molecule has 1 aromatic carbocycles. The Balaban J connectivity index is 1.32. The first kappa shape index (κ1) is 17.4. The van der Waals surface area contributed by atoms with Crippen LogP contribution in [0.2, 0.25) is 5.15 Å². The van der Waals surface area contributed by atoms with Gasteiger partial charge >= 0.3 is 0 Å². The third-order valence-corrected chi connectivity index (χ3v) is 6.15. The van der Waals surface area contributed by atoms with Crippen LogP contribution in [-0.4, -0.2) is 40.4 Å². The van der Waals surface area contributed by atoms with Gasteiger partial charge in [-0.25, -0.2) is 9.97 Å². The number of aromatic nitrogens is 2. The number of hydrogen-bond acceptors (Lipinski definition) is 5. The van der Waals surface area contributed by atoms with E-state index in [1.54, 1.807) is 29.7 Å². The van der Waals surface area contributed by atoms with E-state index in [0.717, 1.165) is 31.4 Å². The minimum Gasteiger partial charge on any atom is -0.322 e. The van der Waals surface area contributed by atoms with Crippen LogP contribution in [0.5, 0.6) is 0 Å². The Labute approximate surface area is 161 Å². The number of nitrogens with zero attached hydrogens (tertiary/aromatic N) is 3. The van der Waals surface area contributed by atoms with E-state index in [1.807, 2.05) is 6.07 Å². The van der Waals surface area contributed by atoms with Crippen molar-refractivity contribution in [1.82, 2.24) is 14.9 Å². The molecular formula is C19H19ClN4OS. The van der Waals surface area contributed by atoms with Crippen molar-refractivity contribution in [3.63, 3.8) is 0 Å². The van der Waals surface area contributed by atoms with Crippen LogP contribution in [0.4, 0.5) is 5.69 Å². The van der Waals surface area contributed by atoms with Crippen LogP contribution >= 0.6 is 22.9 Å². The Morgan fingerprint density at radius 2 is 2.04 bits per heavy atom. The van der Waals surface area contributed by atoms with Crippen molar-refractivity contribution in [1.29, 1.82) is 0 Å². The minimum absolute atomic E-state index is 0.0571. The van der Waals surface area contributed by atoms with Crippen molar-refractivity contribution < 1.29 is 4.79 Å². The lowest BCUT2D eigenvalue weighted by Crippen LogP contribution is -2.38. The van der Waals surface area contributed by atoms with Crippen LogP contribution in [0.15, 0.2) is 42.6 Å². The molecule has 0 aliphatic carbocycles. The monoisotopic (exact) mass is 386 g/mol. The number of halogens is 1. The van der Waals surface area contributed by atoms with Crippen LogP contribution in [-0.2, 0) is 4.79 Å². The normalized spacial score (nSPS) is 16.0. The summed E-state index contributed by atoms with van der Waals surface area (Å²) in [6, 6.07) is 11.8. The van der Waals surface area contributed by atoms with Crippen LogP contribution in [0.3, 0.4) is 0 Å². The van der Waals surface area contributed by atoms with Gasteiger partial charge in [-0.15, -0.1) is 11.3 Å². The van der Waals surface area contributed by atoms with Crippen molar-refractivity contribution in [3.8, 4) is 0 Å². The molecule has 7 heteroatoms. The molecule has 0 unspecified atom stereocenters. The molecule has 134 valence electrons. The summed E-state index contributed by atoms with van der Waals surface area (Å²) < 4.78 is 1.25. The zero-order chi connectivity index (χ0) is 17.9. The zero-order valence-electron chi connectivity index (χ0n) is 14.2. The summed E-state index contributed by atoms with van der Waals surface area (Å²) in [7, 11) is 0. The average Bonchev–Trinajstić information content (AvgIpc) is 3.08. The van der Waals surface area contributed by atoms with E-state index in [2.05, 4.69) is 33.4 Å². The molecule has 1 amide bonds. The molecular weight excluding hydrogens is 368 g/mol. The van der Waals surface area contributed by atoms with Gasteiger partial charge in [-0.2, -0.15) is 0 Å². The van der Waals surface area contributed by atoms with Crippen molar-refractivity contribution in [3.05, 3.63) is 52.8 Å². The third-order valence-electron chi connectivity index (χ3n) is 4.65. The number of rotatable bonds is 4. The number of piperidine rings is 1. The SMILES string of the molecule is O=C(CN1CCC(c2nc3ccccc3s2)CC1)Nc1cccnc1Cl. The molecule has 1 fully saturated rings. The molecule has 1 aliphatic rings. The smallest absolute Gasteiger partial charge is 0.238 e. The first-order valence-electron chi connectivity index (χ1n) is 8.67. The molecule has 0 atom stereocenters. The van der Waals surface area contributed by atoms with Gasteiger partial charge in [0.15, 0.2) is 5.15 Å². The summed E-state index contributed by atoms with van der Waals surface area (Å²) in [6.07, 6.45) is 3.66. The molecule has 0 spiro atoms. The summed E-state index contributed by atoms with van der Waals surface area (Å²) in [5.41, 5.74) is 1.64. The first-order chi connectivity index (χ1) is 12.7. The number of para-hydroxylation sites is 1. The lowest BCUT2D eigenvalue weighted by Gasteiger charge is -2.30. The third kappa shape index (κ3) is 3.87. The molecule has 26 heavy (non-hydrogen) atoms. The Morgan fingerprint density at radius 1 is 1.23 bits per heavy atom. The standard InChI is InChI=1S/C19H19ClN4OS/c20-18-15(5-3-9-21-18)22-17(25)12-24-10-7-13(8-11-24)19-23-14-4-1-2-6-16(14)26-19/h1-6,9,13H,7-8,10-12H2,(H,22,25). The molecule has 3 heterocycles. The molecule has 1 saturated heterocycles.